The third kappa shape index (κ3) is 3.05. The Balaban J connectivity index is 2.14. The van der Waals surface area contributed by atoms with Gasteiger partial charge in [0.1, 0.15) is 0 Å². The van der Waals surface area contributed by atoms with Gasteiger partial charge in [0.15, 0.2) is 0 Å². The molecule has 3 heteroatoms. The van der Waals surface area contributed by atoms with E-state index in [0.29, 0.717) is 0 Å². The van der Waals surface area contributed by atoms with Crippen molar-refractivity contribution in [2.75, 3.05) is 17.6 Å². The van der Waals surface area contributed by atoms with Gasteiger partial charge < -0.3 is 11.1 Å². The molecule has 2 aromatic rings. The molecule has 3 nitrogen and oxygen atoms in total. The number of para-hydroxylation sites is 1. The molecule has 0 saturated carbocycles. The predicted molar refractivity (Wildman–Crippen MR) is 81.3 cm³/mol. The first-order valence-corrected chi connectivity index (χ1v) is 6.50. The van der Waals surface area contributed by atoms with Crippen LogP contribution in [0.1, 0.15) is 25.0 Å². The van der Waals surface area contributed by atoms with Crippen molar-refractivity contribution in [1.82, 2.24) is 4.98 Å². The number of nitrogens with zero attached hydrogens (tertiary/aromatic N) is 1. The first-order chi connectivity index (χ1) is 9.00. The number of aryl methyl sites for hydroxylation is 1. The third-order valence-corrected chi connectivity index (χ3v) is 3.47. The molecule has 0 atom stereocenters. The van der Waals surface area contributed by atoms with Gasteiger partial charge in [-0.3, -0.25) is 4.98 Å². The van der Waals surface area contributed by atoms with Gasteiger partial charge >= 0.3 is 0 Å². The summed E-state index contributed by atoms with van der Waals surface area (Å²) in [5.74, 6) is 0. The second-order valence-corrected chi connectivity index (χ2v) is 5.51. The molecule has 0 unspecified atom stereocenters. The first-order valence-electron chi connectivity index (χ1n) is 6.50. The van der Waals surface area contributed by atoms with Crippen LogP contribution in [0, 0.1) is 6.92 Å². The van der Waals surface area contributed by atoms with E-state index in [1.54, 1.807) is 0 Å². The SMILES string of the molecule is Cc1cccc(N)c1NCC(C)(C)c1ccncc1. The van der Waals surface area contributed by atoms with E-state index in [0.717, 1.165) is 17.9 Å². The molecule has 3 N–H and O–H groups in total. The fourth-order valence-electron chi connectivity index (χ4n) is 2.15. The largest absolute Gasteiger partial charge is 0.397 e. The lowest BCUT2D eigenvalue weighted by atomic mass is 9.85. The fraction of sp³-hybridized carbons (Fsp3) is 0.312. The molecule has 0 saturated heterocycles. The molecule has 100 valence electrons. The summed E-state index contributed by atoms with van der Waals surface area (Å²) in [6.07, 6.45) is 3.67. The van der Waals surface area contributed by atoms with E-state index in [-0.39, 0.29) is 5.41 Å². The molecule has 1 aromatic carbocycles. The molecule has 0 aliphatic heterocycles. The Morgan fingerprint density at radius 2 is 1.84 bits per heavy atom. The molecule has 0 aliphatic rings. The van der Waals surface area contributed by atoms with Gasteiger partial charge in [0.05, 0.1) is 11.4 Å². The highest BCUT2D eigenvalue weighted by atomic mass is 14.9. The van der Waals surface area contributed by atoms with Crippen molar-refractivity contribution in [2.45, 2.75) is 26.2 Å². The number of anilines is 2. The summed E-state index contributed by atoms with van der Waals surface area (Å²) in [5, 5.41) is 3.47. The quantitative estimate of drug-likeness (QED) is 0.824. The second-order valence-electron chi connectivity index (χ2n) is 5.51. The highest BCUT2D eigenvalue weighted by Gasteiger charge is 2.20. The molecule has 19 heavy (non-hydrogen) atoms. The number of rotatable bonds is 4. The third-order valence-electron chi connectivity index (χ3n) is 3.47. The lowest BCUT2D eigenvalue weighted by Gasteiger charge is -2.27. The van der Waals surface area contributed by atoms with E-state index in [9.17, 15) is 0 Å². The smallest absolute Gasteiger partial charge is 0.0603 e. The van der Waals surface area contributed by atoms with E-state index in [1.165, 1.54) is 11.1 Å². The number of pyridine rings is 1. The van der Waals surface area contributed by atoms with Crippen LogP contribution in [0.5, 0.6) is 0 Å². The maximum Gasteiger partial charge on any atom is 0.0603 e. The van der Waals surface area contributed by atoms with Crippen LogP contribution in [0.2, 0.25) is 0 Å². The monoisotopic (exact) mass is 255 g/mol. The highest BCUT2D eigenvalue weighted by Crippen LogP contribution is 2.27. The summed E-state index contributed by atoms with van der Waals surface area (Å²) in [4.78, 5) is 4.07. The summed E-state index contributed by atoms with van der Waals surface area (Å²) >= 11 is 0. The maximum atomic E-state index is 6.02. The zero-order valence-electron chi connectivity index (χ0n) is 11.8. The van der Waals surface area contributed by atoms with Crippen LogP contribution >= 0.6 is 0 Å². The molecule has 0 fully saturated rings. The minimum atomic E-state index is 0.0255. The molecule has 0 radical (unpaired) electrons. The van der Waals surface area contributed by atoms with Gasteiger partial charge in [0, 0.05) is 24.4 Å². The van der Waals surface area contributed by atoms with Crippen LogP contribution in [-0.4, -0.2) is 11.5 Å². The molecule has 1 heterocycles. The number of nitrogens with one attached hydrogen (secondary N) is 1. The van der Waals surface area contributed by atoms with Gasteiger partial charge in [0.25, 0.3) is 0 Å². The molecule has 0 amide bonds. The summed E-state index contributed by atoms with van der Waals surface area (Å²) in [7, 11) is 0. The molecule has 1 aromatic heterocycles. The first kappa shape index (κ1) is 13.4. The normalized spacial score (nSPS) is 11.3. The Bertz CT molecular complexity index is 527. The van der Waals surface area contributed by atoms with E-state index >= 15 is 0 Å². The number of hydrogen-bond donors (Lipinski definition) is 2. The summed E-state index contributed by atoms with van der Waals surface area (Å²) in [6, 6.07) is 10.1. The van der Waals surface area contributed by atoms with Crippen LogP contribution in [0.4, 0.5) is 11.4 Å². The Kier molecular flexibility index (Phi) is 3.74. The fourth-order valence-corrected chi connectivity index (χ4v) is 2.15. The standard InChI is InChI=1S/C16H21N3/c1-12-5-4-6-14(17)15(12)19-11-16(2,3)13-7-9-18-10-8-13/h4-10,19H,11,17H2,1-3H3. The summed E-state index contributed by atoms with van der Waals surface area (Å²) in [6.45, 7) is 7.32. The van der Waals surface area contributed by atoms with Gasteiger partial charge in [-0.05, 0) is 36.2 Å². The summed E-state index contributed by atoms with van der Waals surface area (Å²) < 4.78 is 0. The Morgan fingerprint density at radius 1 is 1.16 bits per heavy atom. The van der Waals surface area contributed by atoms with Crippen LogP contribution in [0.25, 0.3) is 0 Å². The minimum absolute atomic E-state index is 0.0255. The van der Waals surface area contributed by atoms with Gasteiger partial charge in [0.2, 0.25) is 0 Å². The second kappa shape index (κ2) is 5.31. The highest BCUT2D eigenvalue weighted by molar-refractivity contribution is 5.70. The number of aromatic nitrogens is 1. The van der Waals surface area contributed by atoms with Gasteiger partial charge in [-0.1, -0.05) is 26.0 Å². The molecule has 2 rings (SSSR count). The van der Waals surface area contributed by atoms with Crippen molar-refractivity contribution >= 4 is 11.4 Å². The van der Waals surface area contributed by atoms with Crippen molar-refractivity contribution < 1.29 is 0 Å². The zero-order valence-corrected chi connectivity index (χ0v) is 11.8. The van der Waals surface area contributed by atoms with Crippen molar-refractivity contribution in [3.8, 4) is 0 Å². The number of hydrogen-bond acceptors (Lipinski definition) is 3. The number of nitrogens with two attached hydrogens (primary N) is 1. The molecular formula is C16H21N3. The van der Waals surface area contributed by atoms with Crippen LogP contribution in [0.15, 0.2) is 42.7 Å². The van der Waals surface area contributed by atoms with Crippen molar-refractivity contribution in [3.05, 3.63) is 53.9 Å². The van der Waals surface area contributed by atoms with Crippen LogP contribution in [-0.2, 0) is 5.41 Å². The Labute approximate surface area is 114 Å². The molecule has 0 spiro atoms. The van der Waals surface area contributed by atoms with Crippen molar-refractivity contribution in [2.24, 2.45) is 0 Å². The molecule has 0 bridgehead atoms. The zero-order chi connectivity index (χ0) is 13.9. The maximum absolute atomic E-state index is 6.02. The molecular weight excluding hydrogens is 234 g/mol. The molecule has 0 aliphatic carbocycles. The van der Waals surface area contributed by atoms with Crippen LogP contribution < -0.4 is 11.1 Å². The van der Waals surface area contributed by atoms with E-state index in [4.69, 9.17) is 5.73 Å². The van der Waals surface area contributed by atoms with Crippen LogP contribution in [0.3, 0.4) is 0 Å². The average molecular weight is 255 g/mol. The van der Waals surface area contributed by atoms with E-state index in [1.807, 2.05) is 24.5 Å². The topological polar surface area (TPSA) is 50.9 Å². The lowest BCUT2D eigenvalue weighted by molar-refractivity contribution is 0.556. The van der Waals surface area contributed by atoms with Gasteiger partial charge in [-0.15, -0.1) is 0 Å². The van der Waals surface area contributed by atoms with E-state index < -0.39 is 0 Å². The van der Waals surface area contributed by atoms with E-state index in [2.05, 4.69) is 49.3 Å². The average Bonchev–Trinajstić information content (AvgIpc) is 2.39. The number of benzene rings is 1. The summed E-state index contributed by atoms with van der Waals surface area (Å²) in [5.41, 5.74) is 10.3. The predicted octanol–water partition coefficient (Wildman–Crippen LogP) is 3.36. The van der Waals surface area contributed by atoms with Gasteiger partial charge in [-0.25, -0.2) is 0 Å². The Morgan fingerprint density at radius 3 is 2.47 bits per heavy atom. The number of nitrogen functional groups attached to an aromatic ring is 1. The van der Waals surface area contributed by atoms with Gasteiger partial charge in [-0.2, -0.15) is 0 Å². The Hall–Kier alpha value is -2.03. The van der Waals surface area contributed by atoms with Crippen molar-refractivity contribution in [1.29, 1.82) is 0 Å². The lowest BCUT2D eigenvalue weighted by Crippen LogP contribution is -2.28. The minimum Gasteiger partial charge on any atom is -0.397 e. The van der Waals surface area contributed by atoms with Crippen molar-refractivity contribution in [3.63, 3.8) is 0 Å².